The van der Waals surface area contributed by atoms with Crippen molar-refractivity contribution in [1.29, 1.82) is 0 Å². The van der Waals surface area contributed by atoms with E-state index in [9.17, 15) is 13.6 Å². The topological polar surface area (TPSA) is 78.8 Å². The minimum absolute atomic E-state index is 0.0537. The van der Waals surface area contributed by atoms with Crippen LogP contribution in [0.2, 0.25) is 5.02 Å². The maximum atomic E-state index is 12.5. The van der Waals surface area contributed by atoms with Crippen molar-refractivity contribution in [2.45, 2.75) is 45.4 Å². The Balaban J connectivity index is 2.15. The highest BCUT2D eigenvalue weighted by atomic mass is 35.5. The third-order valence-electron chi connectivity index (χ3n) is 4.42. The van der Waals surface area contributed by atoms with Gasteiger partial charge in [-0.1, -0.05) is 86.1 Å². The number of unbranched alkanes of at least 4 members (excludes halogenated alkanes) is 5. The van der Waals surface area contributed by atoms with Gasteiger partial charge in [-0.25, -0.2) is 8.42 Å². The quantitative estimate of drug-likeness (QED) is 0.212. The zero-order valence-corrected chi connectivity index (χ0v) is 17.6. The van der Waals surface area contributed by atoms with Crippen LogP contribution in [0, 0.1) is 0 Å². The summed E-state index contributed by atoms with van der Waals surface area (Å²) in [7, 11) is -3.52. The van der Waals surface area contributed by atoms with E-state index in [0.29, 0.717) is 28.3 Å². The molecule has 0 bridgehead atoms. The average molecular weight is 423 g/mol. The summed E-state index contributed by atoms with van der Waals surface area (Å²) in [5, 5.41) is 13.4. The van der Waals surface area contributed by atoms with Crippen molar-refractivity contribution in [2.24, 2.45) is 5.16 Å². The molecule has 5 nitrogen and oxygen atoms in total. The van der Waals surface area contributed by atoms with E-state index in [0.717, 1.165) is 25.7 Å². The lowest BCUT2D eigenvalue weighted by atomic mass is 10.0. The van der Waals surface area contributed by atoms with E-state index in [-0.39, 0.29) is 11.5 Å². The molecule has 0 spiro atoms. The number of nitrogens with one attached hydrogen (secondary N) is 1. The molecule has 0 radical (unpaired) electrons. The van der Waals surface area contributed by atoms with Gasteiger partial charge in [-0.2, -0.15) is 0 Å². The summed E-state index contributed by atoms with van der Waals surface area (Å²) in [5.74, 6) is 0.0537. The molecule has 152 valence electrons. The maximum Gasteiger partial charge on any atom is 0.232 e. The molecule has 0 aliphatic heterocycles. The minimum Gasteiger partial charge on any atom is -0.410 e. The standard InChI is InChI=1S/C21H27ClN2O3S/c1-2-3-4-5-6-10-15-28(26,27)24-20-14-13-18(22)16-19(20)21(23-25)17-11-8-7-9-12-17/h7-9,11-14,16,24-25H,2-6,10,15H2,1H3. The molecule has 2 aromatic rings. The monoisotopic (exact) mass is 422 g/mol. The highest BCUT2D eigenvalue weighted by Gasteiger charge is 2.18. The Hall–Kier alpha value is -2.05. The molecule has 0 saturated heterocycles. The van der Waals surface area contributed by atoms with Gasteiger partial charge in [0.15, 0.2) is 0 Å². The van der Waals surface area contributed by atoms with Gasteiger partial charge in [-0.15, -0.1) is 0 Å². The largest absolute Gasteiger partial charge is 0.410 e. The number of hydrogen-bond donors (Lipinski definition) is 2. The number of rotatable bonds is 11. The van der Waals surface area contributed by atoms with Crippen LogP contribution in [0.3, 0.4) is 0 Å². The first-order valence-electron chi connectivity index (χ1n) is 9.54. The van der Waals surface area contributed by atoms with Crippen molar-refractivity contribution < 1.29 is 13.6 Å². The second-order valence-electron chi connectivity index (χ2n) is 6.69. The van der Waals surface area contributed by atoms with E-state index in [2.05, 4.69) is 16.8 Å². The van der Waals surface area contributed by atoms with Crippen LogP contribution < -0.4 is 4.72 Å². The summed E-state index contributed by atoms with van der Waals surface area (Å²) >= 11 is 6.11. The molecule has 7 heteroatoms. The SMILES string of the molecule is CCCCCCCCS(=O)(=O)Nc1ccc(Cl)cc1C(=NO)c1ccccc1. The van der Waals surface area contributed by atoms with Gasteiger partial charge in [-0.05, 0) is 24.6 Å². The van der Waals surface area contributed by atoms with Crippen molar-refractivity contribution >= 4 is 33.0 Å². The molecule has 0 aliphatic rings. The predicted octanol–water partition coefficient (Wildman–Crippen LogP) is 5.67. The fourth-order valence-corrected chi connectivity index (χ4v) is 4.33. The predicted molar refractivity (Wildman–Crippen MR) is 116 cm³/mol. The zero-order chi connectivity index (χ0) is 20.4. The maximum absolute atomic E-state index is 12.5. The zero-order valence-electron chi connectivity index (χ0n) is 16.1. The normalized spacial score (nSPS) is 12.1. The molecule has 28 heavy (non-hydrogen) atoms. The molecule has 0 unspecified atom stereocenters. The van der Waals surface area contributed by atoms with Gasteiger partial charge in [0.2, 0.25) is 10.0 Å². The Labute approximate surface area is 172 Å². The number of sulfonamides is 1. The van der Waals surface area contributed by atoms with E-state index in [1.807, 2.05) is 18.2 Å². The lowest BCUT2D eigenvalue weighted by Gasteiger charge is -2.14. The van der Waals surface area contributed by atoms with Gasteiger partial charge in [0.05, 0.1) is 11.4 Å². The Bertz CT molecular complexity index is 884. The Morgan fingerprint density at radius 1 is 1.04 bits per heavy atom. The van der Waals surface area contributed by atoms with Gasteiger partial charge in [-0.3, -0.25) is 4.72 Å². The highest BCUT2D eigenvalue weighted by Crippen LogP contribution is 2.25. The molecule has 0 aromatic heterocycles. The van der Waals surface area contributed by atoms with Crippen LogP contribution in [0.1, 0.15) is 56.6 Å². The summed E-state index contributed by atoms with van der Waals surface area (Å²) in [6, 6.07) is 13.8. The van der Waals surface area contributed by atoms with Crippen molar-refractivity contribution in [1.82, 2.24) is 0 Å². The van der Waals surface area contributed by atoms with Gasteiger partial charge in [0, 0.05) is 16.1 Å². The van der Waals surface area contributed by atoms with Gasteiger partial charge >= 0.3 is 0 Å². The van der Waals surface area contributed by atoms with E-state index in [1.165, 1.54) is 6.42 Å². The second kappa shape index (κ2) is 11.1. The van der Waals surface area contributed by atoms with Gasteiger partial charge < -0.3 is 5.21 Å². The molecule has 0 fully saturated rings. The molecule has 0 saturated carbocycles. The van der Waals surface area contributed by atoms with Crippen LogP contribution in [0.4, 0.5) is 5.69 Å². The lowest BCUT2D eigenvalue weighted by molar-refractivity contribution is 0.319. The molecular formula is C21H27ClN2O3S. The molecule has 0 aliphatic carbocycles. The summed E-state index contributed by atoms with van der Waals surface area (Å²) in [4.78, 5) is 0. The van der Waals surface area contributed by atoms with Crippen LogP contribution in [-0.2, 0) is 10.0 Å². The first-order valence-corrected chi connectivity index (χ1v) is 11.6. The van der Waals surface area contributed by atoms with Crippen LogP contribution >= 0.6 is 11.6 Å². The Kier molecular flexibility index (Phi) is 8.80. The van der Waals surface area contributed by atoms with Crippen LogP contribution in [0.25, 0.3) is 0 Å². The Morgan fingerprint density at radius 2 is 1.71 bits per heavy atom. The summed E-state index contributed by atoms with van der Waals surface area (Å²) in [6.45, 7) is 2.15. The number of halogens is 1. The lowest BCUT2D eigenvalue weighted by Crippen LogP contribution is -2.19. The summed E-state index contributed by atoms with van der Waals surface area (Å²) in [5.41, 5.74) is 1.67. The fraction of sp³-hybridized carbons (Fsp3) is 0.381. The minimum atomic E-state index is -3.52. The highest BCUT2D eigenvalue weighted by molar-refractivity contribution is 7.92. The van der Waals surface area contributed by atoms with Crippen molar-refractivity contribution in [3.8, 4) is 0 Å². The molecule has 0 atom stereocenters. The first-order chi connectivity index (χ1) is 13.5. The van der Waals surface area contributed by atoms with E-state index in [1.54, 1.807) is 30.3 Å². The molecule has 2 rings (SSSR count). The van der Waals surface area contributed by atoms with Crippen molar-refractivity contribution in [2.75, 3.05) is 10.5 Å². The van der Waals surface area contributed by atoms with Gasteiger partial charge in [0.25, 0.3) is 0 Å². The third-order valence-corrected chi connectivity index (χ3v) is 6.01. The number of nitrogens with zero attached hydrogens (tertiary/aromatic N) is 1. The number of benzene rings is 2. The van der Waals surface area contributed by atoms with Gasteiger partial charge in [0.1, 0.15) is 5.71 Å². The van der Waals surface area contributed by atoms with E-state index in [4.69, 9.17) is 11.6 Å². The first kappa shape index (κ1) is 22.2. The van der Waals surface area contributed by atoms with Crippen molar-refractivity contribution in [3.05, 3.63) is 64.7 Å². The Morgan fingerprint density at radius 3 is 2.39 bits per heavy atom. The van der Waals surface area contributed by atoms with Crippen LogP contribution in [-0.4, -0.2) is 25.1 Å². The van der Waals surface area contributed by atoms with E-state index >= 15 is 0 Å². The molecule has 2 aromatic carbocycles. The summed E-state index contributed by atoms with van der Waals surface area (Å²) in [6.07, 6.45) is 6.03. The van der Waals surface area contributed by atoms with Crippen LogP contribution in [0.15, 0.2) is 53.7 Å². The second-order valence-corrected chi connectivity index (χ2v) is 8.97. The number of anilines is 1. The third kappa shape index (κ3) is 6.84. The molecule has 2 N–H and O–H groups in total. The summed E-state index contributed by atoms with van der Waals surface area (Å²) < 4.78 is 27.7. The number of hydrogen-bond acceptors (Lipinski definition) is 4. The molecular weight excluding hydrogens is 396 g/mol. The van der Waals surface area contributed by atoms with E-state index < -0.39 is 10.0 Å². The molecule has 0 amide bonds. The fourth-order valence-electron chi connectivity index (χ4n) is 2.96. The molecule has 0 heterocycles. The number of oxime groups is 1. The van der Waals surface area contributed by atoms with Crippen LogP contribution in [0.5, 0.6) is 0 Å². The smallest absolute Gasteiger partial charge is 0.232 e. The van der Waals surface area contributed by atoms with Crippen molar-refractivity contribution in [3.63, 3.8) is 0 Å². The average Bonchev–Trinajstić information content (AvgIpc) is 2.68.